The van der Waals surface area contributed by atoms with Gasteiger partial charge >= 0.3 is 5.97 Å². The maximum absolute atomic E-state index is 12.3. The van der Waals surface area contributed by atoms with Crippen molar-refractivity contribution in [1.82, 2.24) is 0 Å². The number of allylic oxidation sites excluding steroid dienone is 2. The maximum atomic E-state index is 12.3. The Morgan fingerprint density at radius 2 is 2.00 bits per heavy atom. The summed E-state index contributed by atoms with van der Waals surface area (Å²) in [7, 11) is 1.41. The first-order valence-corrected chi connectivity index (χ1v) is 9.36. The van der Waals surface area contributed by atoms with Crippen molar-refractivity contribution in [1.29, 1.82) is 0 Å². The minimum Gasteiger partial charge on any atom is -0.465 e. The normalized spacial score (nSPS) is 23.6. The van der Waals surface area contributed by atoms with Gasteiger partial charge in [-0.05, 0) is 47.7 Å². The molecular formula is C20H17BrClNO2. The SMILES string of the molecule is COC(=O)c1ccc(Cl)c2c1[C@@H]1C=CC[C@H]1[C@@H](c1ccc(Br)cc1)N2. The average molecular weight is 419 g/mol. The minimum atomic E-state index is -0.323. The van der Waals surface area contributed by atoms with E-state index in [9.17, 15) is 4.79 Å². The van der Waals surface area contributed by atoms with Crippen molar-refractivity contribution in [2.24, 2.45) is 5.92 Å². The standard InChI is InChI=1S/C20H17BrClNO2/c1-25-20(24)15-9-10-16(22)19-17(15)13-3-2-4-14(13)18(23-19)11-5-7-12(21)8-6-11/h2-3,5-10,13-14,18,23H,4H2,1H3/t13-,14-,18-/m1/s1. The Labute approximate surface area is 160 Å². The lowest BCUT2D eigenvalue weighted by molar-refractivity contribution is 0.0598. The smallest absolute Gasteiger partial charge is 0.338 e. The first-order valence-electron chi connectivity index (χ1n) is 8.19. The molecule has 2 aromatic carbocycles. The minimum absolute atomic E-state index is 0.144. The molecule has 4 rings (SSSR count). The summed E-state index contributed by atoms with van der Waals surface area (Å²) in [6.45, 7) is 0. The van der Waals surface area contributed by atoms with Crippen LogP contribution in [0, 0.1) is 5.92 Å². The van der Waals surface area contributed by atoms with Gasteiger partial charge in [-0.15, -0.1) is 0 Å². The van der Waals surface area contributed by atoms with Crippen molar-refractivity contribution >= 4 is 39.2 Å². The Hall–Kier alpha value is -1.78. The molecule has 1 heterocycles. The Bertz CT molecular complexity index is 863. The van der Waals surface area contributed by atoms with Crippen LogP contribution in [0.2, 0.25) is 5.02 Å². The van der Waals surface area contributed by atoms with Crippen LogP contribution >= 0.6 is 27.5 Å². The number of fused-ring (bicyclic) bond motifs is 3. The third-order valence-corrected chi connectivity index (χ3v) is 5.95. The molecule has 0 spiro atoms. The maximum Gasteiger partial charge on any atom is 0.338 e. The van der Waals surface area contributed by atoms with Crippen LogP contribution in [-0.2, 0) is 4.74 Å². The molecule has 0 saturated carbocycles. The molecule has 0 amide bonds. The van der Waals surface area contributed by atoms with Gasteiger partial charge in [0.25, 0.3) is 0 Å². The number of hydrogen-bond donors (Lipinski definition) is 1. The number of benzene rings is 2. The van der Waals surface area contributed by atoms with Gasteiger partial charge in [0.05, 0.1) is 29.4 Å². The number of esters is 1. The van der Waals surface area contributed by atoms with E-state index in [1.807, 2.05) is 0 Å². The van der Waals surface area contributed by atoms with Crippen LogP contribution in [0.1, 0.15) is 39.9 Å². The molecule has 0 saturated heterocycles. The molecule has 1 N–H and O–H groups in total. The van der Waals surface area contributed by atoms with Crippen LogP contribution in [0.5, 0.6) is 0 Å². The zero-order valence-corrected chi connectivity index (χ0v) is 16.0. The van der Waals surface area contributed by atoms with Gasteiger partial charge in [0.2, 0.25) is 0 Å². The number of carbonyl (C=O) groups is 1. The van der Waals surface area contributed by atoms with E-state index in [-0.39, 0.29) is 17.9 Å². The summed E-state index contributed by atoms with van der Waals surface area (Å²) in [6.07, 6.45) is 5.35. The van der Waals surface area contributed by atoms with Crippen LogP contribution in [0.3, 0.4) is 0 Å². The zero-order valence-electron chi connectivity index (χ0n) is 13.6. The highest BCUT2D eigenvalue weighted by atomic mass is 79.9. The number of nitrogens with one attached hydrogen (secondary N) is 1. The molecule has 0 radical (unpaired) electrons. The molecule has 0 bridgehead atoms. The molecule has 1 aliphatic heterocycles. The van der Waals surface area contributed by atoms with E-state index in [1.165, 1.54) is 12.7 Å². The molecule has 0 unspecified atom stereocenters. The number of ether oxygens (including phenoxy) is 1. The van der Waals surface area contributed by atoms with E-state index in [0.717, 1.165) is 22.1 Å². The molecule has 5 heteroatoms. The lowest BCUT2D eigenvalue weighted by Crippen LogP contribution is -2.30. The van der Waals surface area contributed by atoms with Crippen molar-refractivity contribution in [3.8, 4) is 0 Å². The van der Waals surface area contributed by atoms with Crippen molar-refractivity contribution in [3.63, 3.8) is 0 Å². The van der Waals surface area contributed by atoms with Gasteiger partial charge in [-0.3, -0.25) is 0 Å². The van der Waals surface area contributed by atoms with Crippen LogP contribution in [0.15, 0.2) is 53.0 Å². The molecule has 1 aliphatic carbocycles. The Morgan fingerprint density at radius 1 is 1.24 bits per heavy atom. The number of methoxy groups -OCH3 is 1. The second-order valence-corrected chi connectivity index (χ2v) is 7.73. The average Bonchev–Trinajstić information content (AvgIpc) is 3.11. The fourth-order valence-corrected chi connectivity index (χ4v) is 4.45. The number of rotatable bonds is 2. The number of halogens is 2. The molecular weight excluding hydrogens is 402 g/mol. The third kappa shape index (κ3) is 2.77. The summed E-state index contributed by atoms with van der Waals surface area (Å²) in [5.41, 5.74) is 3.59. The third-order valence-electron chi connectivity index (χ3n) is 5.10. The zero-order chi connectivity index (χ0) is 17.6. The lowest BCUT2D eigenvalue weighted by atomic mass is 9.75. The quantitative estimate of drug-likeness (QED) is 0.501. The second-order valence-electron chi connectivity index (χ2n) is 6.40. The fraction of sp³-hybridized carbons (Fsp3) is 0.250. The Kier molecular flexibility index (Phi) is 4.34. The topological polar surface area (TPSA) is 38.3 Å². The molecule has 2 aliphatic rings. The Morgan fingerprint density at radius 3 is 2.72 bits per heavy atom. The van der Waals surface area contributed by atoms with Gasteiger partial charge in [0.1, 0.15) is 0 Å². The summed E-state index contributed by atoms with van der Waals surface area (Å²) >= 11 is 9.98. The summed E-state index contributed by atoms with van der Waals surface area (Å²) in [5.74, 6) is 0.170. The monoisotopic (exact) mass is 417 g/mol. The molecule has 0 fully saturated rings. The molecule has 25 heavy (non-hydrogen) atoms. The lowest BCUT2D eigenvalue weighted by Gasteiger charge is -2.38. The van der Waals surface area contributed by atoms with Crippen molar-refractivity contribution in [2.75, 3.05) is 12.4 Å². The first-order chi connectivity index (χ1) is 12.1. The van der Waals surface area contributed by atoms with Gasteiger partial charge in [-0.2, -0.15) is 0 Å². The highest BCUT2D eigenvalue weighted by Gasteiger charge is 2.40. The number of hydrogen-bond acceptors (Lipinski definition) is 3. The van der Waals surface area contributed by atoms with Gasteiger partial charge in [-0.25, -0.2) is 4.79 Å². The van der Waals surface area contributed by atoms with Crippen LogP contribution in [-0.4, -0.2) is 13.1 Å². The number of carbonyl (C=O) groups excluding carboxylic acids is 1. The van der Waals surface area contributed by atoms with E-state index in [2.05, 4.69) is 57.7 Å². The van der Waals surface area contributed by atoms with Crippen LogP contribution in [0.25, 0.3) is 0 Å². The molecule has 2 aromatic rings. The van der Waals surface area contributed by atoms with E-state index in [1.54, 1.807) is 12.1 Å². The highest BCUT2D eigenvalue weighted by molar-refractivity contribution is 9.10. The largest absolute Gasteiger partial charge is 0.465 e. The van der Waals surface area contributed by atoms with E-state index in [0.29, 0.717) is 16.5 Å². The van der Waals surface area contributed by atoms with Gasteiger partial charge in [0.15, 0.2) is 0 Å². The molecule has 0 aromatic heterocycles. The summed E-state index contributed by atoms with van der Waals surface area (Å²) in [4.78, 5) is 12.3. The summed E-state index contributed by atoms with van der Waals surface area (Å²) in [5, 5.41) is 4.23. The van der Waals surface area contributed by atoms with E-state index in [4.69, 9.17) is 16.3 Å². The Balaban J connectivity index is 1.85. The second kappa shape index (κ2) is 6.50. The van der Waals surface area contributed by atoms with Gasteiger partial charge < -0.3 is 10.1 Å². The molecule has 3 atom stereocenters. The summed E-state index contributed by atoms with van der Waals surface area (Å²) < 4.78 is 6.03. The van der Waals surface area contributed by atoms with Crippen LogP contribution < -0.4 is 5.32 Å². The molecule has 3 nitrogen and oxygen atoms in total. The van der Waals surface area contributed by atoms with E-state index >= 15 is 0 Å². The number of anilines is 1. The van der Waals surface area contributed by atoms with Crippen molar-refractivity contribution in [2.45, 2.75) is 18.4 Å². The predicted octanol–water partition coefficient (Wildman–Crippen LogP) is 5.72. The van der Waals surface area contributed by atoms with E-state index < -0.39 is 0 Å². The van der Waals surface area contributed by atoms with Crippen molar-refractivity contribution in [3.05, 3.63) is 74.7 Å². The van der Waals surface area contributed by atoms with Gasteiger partial charge in [-0.1, -0.05) is 51.8 Å². The fourth-order valence-electron chi connectivity index (χ4n) is 3.96. The first kappa shape index (κ1) is 16.7. The highest BCUT2D eigenvalue weighted by Crippen LogP contribution is 2.52. The molecule has 128 valence electrons. The van der Waals surface area contributed by atoms with Crippen LogP contribution in [0.4, 0.5) is 5.69 Å². The summed E-state index contributed by atoms with van der Waals surface area (Å²) in [6, 6.07) is 12.0. The van der Waals surface area contributed by atoms with Gasteiger partial charge in [0, 0.05) is 10.4 Å². The predicted molar refractivity (Wildman–Crippen MR) is 103 cm³/mol. The van der Waals surface area contributed by atoms with Crippen molar-refractivity contribution < 1.29 is 9.53 Å².